The highest BCUT2D eigenvalue weighted by atomic mass is 16.2. The van der Waals surface area contributed by atoms with Gasteiger partial charge in [0.15, 0.2) is 0 Å². The zero-order chi connectivity index (χ0) is 9.31. The van der Waals surface area contributed by atoms with Crippen LogP contribution in [0.4, 0.5) is 4.79 Å². The molecule has 1 heterocycles. The highest BCUT2D eigenvalue weighted by Crippen LogP contribution is 2.29. The van der Waals surface area contributed by atoms with Gasteiger partial charge >= 0.3 is 6.03 Å². The van der Waals surface area contributed by atoms with Crippen molar-refractivity contribution in [2.75, 3.05) is 0 Å². The fraction of sp³-hybridized carbons (Fsp3) is 0.778. The molecule has 0 unspecified atom stereocenters. The lowest BCUT2D eigenvalue weighted by Crippen LogP contribution is -2.45. The first-order valence-corrected chi connectivity index (χ1v) is 4.91. The van der Waals surface area contributed by atoms with Crippen LogP contribution in [0.5, 0.6) is 0 Å². The third-order valence-corrected chi connectivity index (χ3v) is 3.03. The SMILES string of the molecule is N=C1NC(=O)NC12CCCCCC2. The van der Waals surface area contributed by atoms with E-state index in [9.17, 15) is 4.79 Å². The van der Waals surface area contributed by atoms with Crippen LogP contribution in [-0.4, -0.2) is 17.4 Å². The Hall–Kier alpha value is -1.06. The number of urea groups is 1. The van der Waals surface area contributed by atoms with Gasteiger partial charge in [-0.1, -0.05) is 25.7 Å². The van der Waals surface area contributed by atoms with Crippen LogP contribution in [-0.2, 0) is 0 Å². The van der Waals surface area contributed by atoms with Crippen LogP contribution in [0, 0.1) is 5.41 Å². The van der Waals surface area contributed by atoms with Crippen molar-refractivity contribution in [3.8, 4) is 0 Å². The molecule has 0 bridgehead atoms. The van der Waals surface area contributed by atoms with E-state index in [1.54, 1.807) is 0 Å². The van der Waals surface area contributed by atoms with Crippen LogP contribution in [0.3, 0.4) is 0 Å². The molecule has 0 radical (unpaired) electrons. The van der Waals surface area contributed by atoms with E-state index in [1.807, 2.05) is 0 Å². The summed E-state index contributed by atoms with van der Waals surface area (Å²) in [5.41, 5.74) is -0.340. The van der Waals surface area contributed by atoms with Crippen molar-refractivity contribution < 1.29 is 4.79 Å². The molecule has 13 heavy (non-hydrogen) atoms. The largest absolute Gasteiger partial charge is 0.325 e. The smallest absolute Gasteiger partial charge is 0.321 e. The highest BCUT2D eigenvalue weighted by Gasteiger charge is 2.42. The molecule has 1 aliphatic carbocycles. The van der Waals surface area contributed by atoms with Crippen LogP contribution in [0.2, 0.25) is 0 Å². The molecule has 72 valence electrons. The van der Waals surface area contributed by atoms with E-state index in [0.29, 0.717) is 5.84 Å². The van der Waals surface area contributed by atoms with Gasteiger partial charge in [0.05, 0.1) is 5.54 Å². The Bertz CT molecular complexity index is 241. The van der Waals surface area contributed by atoms with Gasteiger partial charge in [-0.25, -0.2) is 4.79 Å². The normalized spacial score (nSPS) is 26.8. The summed E-state index contributed by atoms with van der Waals surface area (Å²) in [4.78, 5) is 11.1. The maximum absolute atomic E-state index is 11.1. The first kappa shape index (κ1) is 8.53. The standard InChI is InChI=1S/C9H15N3O/c10-7-9(12-8(13)11-7)5-3-1-2-4-6-9/h1-6H2,(H3,10,11,12,13). The van der Waals surface area contributed by atoms with E-state index in [-0.39, 0.29) is 11.6 Å². The second-order valence-corrected chi connectivity index (χ2v) is 3.95. The van der Waals surface area contributed by atoms with Crippen molar-refractivity contribution >= 4 is 11.9 Å². The van der Waals surface area contributed by atoms with Gasteiger partial charge in [-0.3, -0.25) is 10.7 Å². The molecular formula is C9H15N3O. The van der Waals surface area contributed by atoms with Gasteiger partial charge in [-0.2, -0.15) is 0 Å². The predicted molar refractivity (Wildman–Crippen MR) is 49.8 cm³/mol. The van der Waals surface area contributed by atoms with Gasteiger partial charge < -0.3 is 5.32 Å². The monoisotopic (exact) mass is 181 g/mol. The molecule has 1 saturated heterocycles. The van der Waals surface area contributed by atoms with Gasteiger partial charge in [-0.05, 0) is 12.8 Å². The summed E-state index contributed by atoms with van der Waals surface area (Å²) in [5, 5.41) is 13.1. The van der Waals surface area contributed by atoms with Crippen molar-refractivity contribution in [1.29, 1.82) is 5.41 Å². The van der Waals surface area contributed by atoms with Crippen LogP contribution in [0.1, 0.15) is 38.5 Å². The number of hydrogen-bond acceptors (Lipinski definition) is 2. The predicted octanol–water partition coefficient (Wildman–Crippen LogP) is 1.37. The number of amidine groups is 1. The maximum atomic E-state index is 11.1. The summed E-state index contributed by atoms with van der Waals surface area (Å²) in [6.07, 6.45) is 6.53. The molecule has 4 nitrogen and oxygen atoms in total. The Labute approximate surface area is 77.6 Å². The van der Waals surface area contributed by atoms with Gasteiger partial charge in [0.1, 0.15) is 5.84 Å². The topological polar surface area (TPSA) is 65.0 Å². The average Bonchev–Trinajstić information content (AvgIpc) is 2.29. The van der Waals surface area contributed by atoms with Crippen molar-refractivity contribution in [2.24, 2.45) is 0 Å². The molecule has 1 spiro atoms. The zero-order valence-electron chi connectivity index (χ0n) is 7.65. The van der Waals surface area contributed by atoms with E-state index in [1.165, 1.54) is 12.8 Å². The second kappa shape index (κ2) is 3.01. The number of carbonyl (C=O) groups excluding carboxylic acids is 1. The van der Waals surface area contributed by atoms with Crippen molar-refractivity contribution in [3.05, 3.63) is 0 Å². The van der Waals surface area contributed by atoms with E-state index < -0.39 is 0 Å². The Morgan fingerprint density at radius 3 is 2.23 bits per heavy atom. The van der Waals surface area contributed by atoms with Gasteiger partial charge in [0.2, 0.25) is 0 Å². The molecule has 1 saturated carbocycles. The first-order chi connectivity index (χ1) is 6.23. The van der Waals surface area contributed by atoms with Crippen LogP contribution in [0.15, 0.2) is 0 Å². The third-order valence-electron chi connectivity index (χ3n) is 3.03. The van der Waals surface area contributed by atoms with Gasteiger partial charge in [-0.15, -0.1) is 0 Å². The summed E-state index contributed by atoms with van der Waals surface area (Å²) in [7, 11) is 0. The van der Waals surface area contributed by atoms with Crippen LogP contribution < -0.4 is 10.6 Å². The van der Waals surface area contributed by atoms with Crippen molar-refractivity contribution in [3.63, 3.8) is 0 Å². The summed E-state index contributed by atoms with van der Waals surface area (Å²) in [5.74, 6) is 0.374. The molecule has 2 rings (SSSR count). The minimum Gasteiger partial charge on any atom is -0.325 e. The van der Waals surface area contributed by atoms with Crippen molar-refractivity contribution in [1.82, 2.24) is 10.6 Å². The Balaban J connectivity index is 2.17. The molecule has 0 aromatic rings. The average molecular weight is 181 g/mol. The van der Waals surface area contributed by atoms with E-state index in [4.69, 9.17) is 5.41 Å². The molecule has 3 N–H and O–H groups in total. The molecule has 2 fully saturated rings. The van der Waals surface area contributed by atoms with E-state index in [2.05, 4.69) is 10.6 Å². The van der Waals surface area contributed by atoms with E-state index >= 15 is 0 Å². The molecule has 0 atom stereocenters. The zero-order valence-corrected chi connectivity index (χ0v) is 7.65. The molecule has 0 aromatic heterocycles. The first-order valence-electron chi connectivity index (χ1n) is 4.91. The fourth-order valence-corrected chi connectivity index (χ4v) is 2.25. The Morgan fingerprint density at radius 1 is 1.15 bits per heavy atom. The molecule has 2 amide bonds. The van der Waals surface area contributed by atoms with Crippen LogP contribution >= 0.6 is 0 Å². The molecule has 1 aliphatic heterocycles. The van der Waals surface area contributed by atoms with Crippen LogP contribution in [0.25, 0.3) is 0 Å². The lowest BCUT2D eigenvalue weighted by atomic mass is 9.90. The minimum absolute atomic E-state index is 0.202. The fourth-order valence-electron chi connectivity index (χ4n) is 2.25. The quantitative estimate of drug-likeness (QED) is 0.519. The Morgan fingerprint density at radius 2 is 1.77 bits per heavy atom. The number of nitrogens with one attached hydrogen (secondary N) is 3. The maximum Gasteiger partial charge on any atom is 0.321 e. The Kier molecular flexibility index (Phi) is 1.98. The van der Waals surface area contributed by atoms with Gasteiger partial charge in [0, 0.05) is 0 Å². The number of carbonyl (C=O) groups is 1. The van der Waals surface area contributed by atoms with Gasteiger partial charge in [0.25, 0.3) is 0 Å². The van der Waals surface area contributed by atoms with E-state index in [0.717, 1.165) is 25.7 Å². The molecule has 2 aliphatic rings. The molecular weight excluding hydrogens is 166 g/mol. The second-order valence-electron chi connectivity index (χ2n) is 3.95. The number of amides is 2. The lowest BCUT2D eigenvalue weighted by Gasteiger charge is -2.25. The van der Waals surface area contributed by atoms with Crippen molar-refractivity contribution in [2.45, 2.75) is 44.1 Å². The molecule has 0 aromatic carbocycles. The summed E-state index contributed by atoms with van der Waals surface area (Å²) < 4.78 is 0. The summed E-state index contributed by atoms with van der Waals surface area (Å²) >= 11 is 0. The lowest BCUT2D eigenvalue weighted by molar-refractivity contribution is 0.243. The summed E-state index contributed by atoms with van der Waals surface area (Å²) in [6, 6.07) is -0.202. The third kappa shape index (κ3) is 1.41. The molecule has 4 heteroatoms. The number of rotatable bonds is 0. The summed E-state index contributed by atoms with van der Waals surface area (Å²) in [6.45, 7) is 0. The minimum atomic E-state index is -0.340. The highest BCUT2D eigenvalue weighted by molar-refractivity contribution is 6.08. The number of hydrogen-bond donors (Lipinski definition) is 3.